The first-order valence-corrected chi connectivity index (χ1v) is 6.30. The molecule has 0 aromatic heterocycles. The first-order chi connectivity index (χ1) is 8.10. The van der Waals surface area contributed by atoms with Crippen LogP contribution < -0.4 is 11.1 Å². The predicted molar refractivity (Wildman–Crippen MR) is 71.7 cm³/mol. The van der Waals surface area contributed by atoms with Crippen LogP contribution in [0, 0.1) is 0 Å². The van der Waals surface area contributed by atoms with E-state index in [1.54, 1.807) is 18.2 Å². The third kappa shape index (κ3) is 3.87. The van der Waals surface area contributed by atoms with Gasteiger partial charge in [0, 0.05) is 12.6 Å². The van der Waals surface area contributed by atoms with Gasteiger partial charge in [-0.15, -0.1) is 0 Å². The number of hydrogen-bond donors (Lipinski definition) is 2. The summed E-state index contributed by atoms with van der Waals surface area (Å²) in [6.07, 6.45) is 1.79. The van der Waals surface area contributed by atoms with Crippen molar-refractivity contribution in [1.29, 1.82) is 0 Å². The molecule has 3 nitrogen and oxygen atoms in total. The number of nitrogens with two attached hydrogens (primary N) is 1. The molecule has 0 aliphatic heterocycles. The van der Waals surface area contributed by atoms with Crippen LogP contribution in [-0.2, 0) is 0 Å². The van der Waals surface area contributed by atoms with Crippen LogP contribution >= 0.6 is 23.2 Å². The van der Waals surface area contributed by atoms with Crippen molar-refractivity contribution in [3.05, 3.63) is 33.8 Å². The second-order valence-electron chi connectivity index (χ2n) is 3.79. The smallest absolute Gasteiger partial charge is 0.254 e. The van der Waals surface area contributed by atoms with Crippen molar-refractivity contribution in [2.75, 3.05) is 6.54 Å². The molecule has 1 atom stereocenters. The van der Waals surface area contributed by atoms with Crippen LogP contribution in [-0.4, -0.2) is 18.5 Å². The third-order valence-electron chi connectivity index (χ3n) is 2.45. The number of carbonyl (C=O) groups excluding carboxylic acids is 1. The highest BCUT2D eigenvalue weighted by molar-refractivity contribution is 6.39. The van der Waals surface area contributed by atoms with Crippen LogP contribution in [0.4, 0.5) is 0 Å². The molecule has 0 spiro atoms. The van der Waals surface area contributed by atoms with Crippen molar-refractivity contribution in [3.8, 4) is 0 Å². The average Bonchev–Trinajstić information content (AvgIpc) is 2.28. The zero-order valence-electron chi connectivity index (χ0n) is 9.67. The van der Waals surface area contributed by atoms with Gasteiger partial charge in [0.05, 0.1) is 15.6 Å². The molecule has 0 saturated carbocycles. The highest BCUT2D eigenvalue weighted by atomic mass is 35.5. The molecule has 0 aliphatic carbocycles. The summed E-state index contributed by atoms with van der Waals surface area (Å²) in [5.74, 6) is -0.274. The topological polar surface area (TPSA) is 55.1 Å². The minimum Gasteiger partial charge on any atom is -0.348 e. The summed E-state index contributed by atoms with van der Waals surface area (Å²) in [5, 5.41) is 3.53. The van der Waals surface area contributed by atoms with Crippen LogP contribution in [0.25, 0.3) is 0 Å². The molecule has 1 rings (SSSR count). The molecule has 0 heterocycles. The van der Waals surface area contributed by atoms with Gasteiger partial charge in [-0.25, -0.2) is 0 Å². The fourth-order valence-electron chi connectivity index (χ4n) is 1.57. The van der Waals surface area contributed by atoms with Gasteiger partial charge in [-0.05, 0) is 18.6 Å². The Hall–Kier alpha value is -0.770. The van der Waals surface area contributed by atoms with Gasteiger partial charge in [-0.1, -0.05) is 42.6 Å². The maximum Gasteiger partial charge on any atom is 0.254 e. The van der Waals surface area contributed by atoms with E-state index < -0.39 is 0 Å². The summed E-state index contributed by atoms with van der Waals surface area (Å²) in [6.45, 7) is 2.44. The number of benzene rings is 1. The van der Waals surface area contributed by atoms with Gasteiger partial charge in [0.1, 0.15) is 0 Å². The number of hydrogen-bond acceptors (Lipinski definition) is 2. The molecular weight excluding hydrogens is 259 g/mol. The van der Waals surface area contributed by atoms with Crippen molar-refractivity contribution in [2.45, 2.75) is 25.8 Å². The molecular formula is C12H16Cl2N2O. The molecule has 5 heteroatoms. The number of rotatable bonds is 5. The van der Waals surface area contributed by atoms with Crippen LogP contribution in [0.3, 0.4) is 0 Å². The summed E-state index contributed by atoms with van der Waals surface area (Å²) >= 11 is 11.9. The van der Waals surface area contributed by atoms with Gasteiger partial charge >= 0.3 is 0 Å². The number of carbonyl (C=O) groups is 1. The second-order valence-corrected chi connectivity index (χ2v) is 4.61. The lowest BCUT2D eigenvalue weighted by Gasteiger charge is -2.16. The molecule has 1 aromatic carbocycles. The van der Waals surface area contributed by atoms with E-state index in [1.165, 1.54) is 0 Å². The fraction of sp³-hybridized carbons (Fsp3) is 0.417. The van der Waals surface area contributed by atoms with Crippen LogP contribution in [0.2, 0.25) is 10.0 Å². The Kier molecular flexibility index (Phi) is 5.75. The summed E-state index contributed by atoms with van der Waals surface area (Å²) in [5.41, 5.74) is 5.89. The Morgan fingerprint density at radius 2 is 2.00 bits per heavy atom. The van der Waals surface area contributed by atoms with Crippen molar-refractivity contribution in [1.82, 2.24) is 5.32 Å². The molecule has 1 unspecified atom stereocenters. The monoisotopic (exact) mass is 274 g/mol. The zero-order chi connectivity index (χ0) is 12.8. The van der Waals surface area contributed by atoms with E-state index in [0.29, 0.717) is 22.2 Å². The molecule has 1 aromatic rings. The molecule has 0 radical (unpaired) electrons. The first-order valence-electron chi connectivity index (χ1n) is 5.55. The SMILES string of the molecule is CCCC(CN)NC(=O)c1c(Cl)cccc1Cl. The summed E-state index contributed by atoms with van der Waals surface area (Å²) in [7, 11) is 0. The minimum atomic E-state index is -0.274. The number of halogens is 2. The van der Waals surface area contributed by atoms with E-state index in [-0.39, 0.29) is 11.9 Å². The molecule has 0 saturated heterocycles. The van der Waals surface area contributed by atoms with Crippen LogP contribution in [0.1, 0.15) is 30.1 Å². The fourth-order valence-corrected chi connectivity index (χ4v) is 2.14. The minimum absolute atomic E-state index is 0.0418. The zero-order valence-corrected chi connectivity index (χ0v) is 11.2. The molecule has 1 amide bonds. The van der Waals surface area contributed by atoms with E-state index in [1.807, 2.05) is 6.92 Å². The Morgan fingerprint density at radius 3 is 2.47 bits per heavy atom. The quantitative estimate of drug-likeness (QED) is 0.868. The van der Waals surface area contributed by atoms with Crippen molar-refractivity contribution < 1.29 is 4.79 Å². The van der Waals surface area contributed by atoms with E-state index in [0.717, 1.165) is 12.8 Å². The normalized spacial score (nSPS) is 12.2. The van der Waals surface area contributed by atoms with E-state index >= 15 is 0 Å². The van der Waals surface area contributed by atoms with Crippen molar-refractivity contribution in [3.63, 3.8) is 0 Å². The molecule has 3 N–H and O–H groups in total. The van der Waals surface area contributed by atoms with Crippen molar-refractivity contribution >= 4 is 29.1 Å². The molecule has 0 bridgehead atoms. The Labute approximate surface area is 111 Å². The molecule has 94 valence electrons. The second kappa shape index (κ2) is 6.84. The maximum atomic E-state index is 12.0. The van der Waals surface area contributed by atoms with Gasteiger partial charge in [-0.3, -0.25) is 4.79 Å². The standard InChI is InChI=1S/C12H16Cl2N2O/c1-2-4-8(7-15)16-12(17)11-9(13)5-3-6-10(11)14/h3,5-6,8H,2,4,7,15H2,1H3,(H,16,17). The van der Waals surface area contributed by atoms with Gasteiger partial charge in [0.15, 0.2) is 0 Å². The Balaban J connectivity index is 2.82. The maximum absolute atomic E-state index is 12.0. The number of nitrogens with one attached hydrogen (secondary N) is 1. The summed E-state index contributed by atoms with van der Waals surface area (Å²) in [4.78, 5) is 12.0. The van der Waals surface area contributed by atoms with E-state index in [4.69, 9.17) is 28.9 Å². The van der Waals surface area contributed by atoms with E-state index in [2.05, 4.69) is 5.32 Å². The summed E-state index contributed by atoms with van der Waals surface area (Å²) < 4.78 is 0. The Bertz CT molecular complexity index is 376. The lowest BCUT2D eigenvalue weighted by molar-refractivity contribution is 0.0936. The van der Waals surface area contributed by atoms with Crippen LogP contribution in [0.15, 0.2) is 18.2 Å². The van der Waals surface area contributed by atoms with Crippen LogP contribution in [0.5, 0.6) is 0 Å². The lowest BCUT2D eigenvalue weighted by atomic mass is 10.1. The molecule has 17 heavy (non-hydrogen) atoms. The number of amides is 1. The predicted octanol–water partition coefficient (Wildman–Crippen LogP) is 2.85. The third-order valence-corrected chi connectivity index (χ3v) is 3.08. The van der Waals surface area contributed by atoms with Gasteiger partial charge in [0.25, 0.3) is 5.91 Å². The van der Waals surface area contributed by atoms with Gasteiger partial charge in [0.2, 0.25) is 0 Å². The lowest BCUT2D eigenvalue weighted by Crippen LogP contribution is -2.40. The highest BCUT2D eigenvalue weighted by Crippen LogP contribution is 2.24. The molecule has 0 aliphatic rings. The average molecular weight is 275 g/mol. The first kappa shape index (κ1) is 14.3. The van der Waals surface area contributed by atoms with Crippen molar-refractivity contribution in [2.24, 2.45) is 5.73 Å². The van der Waals surface area contributed by atoms with E-state index in [9.17, 15) is 4.79 Å². The largest absolute Gasteiger partial charge is 0.348 e. The Morgan fingerprint density at radius 1 is 1.41 bits per heavy atom. The van der Waals surface area contributed by atoms with Gasteiger partial charge < -0.3 is 11.1 Å². The molecule has 0 fully saturated rings. The van der Waals surface area contributed by atoms with Gasteiger partial charge in [-0.2, -0.15) is 0 Å². The highest BCUT2D eigenvalue weighted by Gasteiger charge is 2.17. The summed E-state index contributed by atoms with van der Waals surface area (Å²) in [6, 6.07) is 4.94.